The molecule has 0 spiro atoms. The minimum Gasteiger partial charge on any atom is -0.331 e. The van der Waals surface area contributed by atoms with E-state index < -0.39 is 35.0 Å². The summed E-state index contributed by atoms with van der Waals surface area (Å²) in [6, 6.07) is 14.4. The second kappa shape index (κ2) is 7.67. The first-order valence-corrected chi connectivity index (χ1v) is 10.4. The molecule has 166 valence electrons. The van der Waals surface area contributed by atoms with Crippen molar-refractivity contribution in [1.29, 1.82) is 0 Å². The Morgan fingerprint density at radius 1 is 0.939 bits per heavy atom. The molecule has 0 bridgehead atoms. The van der Waals surface area contributed by atoms with E-state index in [0.717, 1.165) is 5.56 Å². The number of benzene rings is 3. The fourth-order valence-electron chi connectivity index (χ4n) is 4.27. The van der Waals surface area contributed by atoms with Crippen LogP contribution in [0.1, 0.15) is 21.5 Å². The standard InChI is InChI=1S/C24H16ClF2N3O3/c25-19-9-14(4-8-20(19)27)13-1-5-16(6-2-13)24(22(32)28-23(33)29-24)12-30-11-15-3-7-17(26)10-18(15)21(30)31/h1-10H,11-12H2,(H2,28,29,32,33)/t24-/m0/s1. The van der Waals surface area contributed by atoms with Gasteiger partial charge < -0.3 is 10.2 Å². The molecule has 5 rings (SSSR count). The van der Waals surface area contributed by atoms with Gasteiger partial charge in [-0.05, 0) is 46.5 Å². The second-order valence-corrected chi connectivity index (χ2v) is 8.39. The minimum atomic E-state index is -1.52. The van der Waals surface area contributed by atoms with Gasteiger partial charge in [-0.25, -0.2) is 13.6 Å². The van der Waals surface area contributed by atoms with E-state index in [4.69, 9.17) is 11.6 Å². The van der Waals surface area contributed by atoms with Crippen molar-refractivity contribution in [2.24, 2.45) is 0 Å². The first-order chi connectivity index (χ1) is 15.8. The molecule has 2 aliphatic heterocycles. The van der Waals surface area contributed by atoms with Crippen LogP contribution < -0.4 is 10.6 Å². The average Bonchev–Trinajstić information content (AvgIpc) is 3.25. The molecule has 33 heavy (non-hydrogen) atoms. The van der Waals surface area contributed by atoms with E-state index in [1.807, 2.05) is 0 Å². The van der Waals surface area contributed by atoms with Crippen molar-refractivity contribution in [3.63, 3.8) is 0 Å². The van der Waals surface area contributed by atoms with Crippen LogP contribution in [0.25, 0.3) is 11.1 Å². The number of imide groups is 1. The van der Waals surface area contributed by atoms with Gasteiger partial charge in [-0.3, -0.25) is 14.9 Å². The largest absolute Gasteiger partial charge is 0.331 e. The number of fused-ring (bicyclic) bond motifs is 1. The first-order valence-electron chi connectivity index (χ1n) is 10.0. The van der Waals surface area contributed by atoms with E-state index in [-0.39, 0.29) is 23.7 Å². The predicted molar refractivity (Wildman–Crippen MR) is 116 cm³/mol. The predicted octanol–water partition coefficient (Wildman–Crippen LogP) is 3.98. The molecule has 1 saturated heterocycles. The van der Waals surface area contributed by atoms with Crippen molar-refractivity contribution in [1.82, 2.24) is 15.5 Å². The lowest BCUT2D eigenvalue weighted by Gasteiger charge is -2.31. The van der Waals surface area contributed by atoms with Gasteiger partial charge in [0.1, 0.15) is 11.6 Å². The van der Waals surface area contributed by atoms with Gasteiger partial charge in [-0.15, -0.1) is 0 Å². The Morgan fingerprint density at radius 2 is 1.67 bits per heavy atom. The fourth-order valence-corrected chi connectivity index (χ4v) is 4.45. The normalized spacial score (nSPS) is 19.5. The molecule has 0 radical (unpaired) electrons. The summed E-state index contributed by atoms with van der Waals surface area (Å²) in [5.74, 6) is -2.07. The summed E-state index contributed by atoms with van der Waals surface area (Å²) in [4.78, 5) is 39.3. The highest BCUT2D eigenvalue weighted by Gasteiger charge is 2.50. The number of carbonyl (C=O) groups is 3. The van der Waals surface area contributed by atoms with Crippen LogP contribution in [0.2, 0.25) is 5.02 Å². The molecule has 2 N–H and O–H groups in total. The van der Waals surface area contributed by atoms with Crippen LogP contribution in [0.15, 0.2) is 60.7 Å². The highest BCUT2D eigenvalue weighted by Crippen LogP contribution is 2.33. The Kier molecular flexibility index (Phi) is 4.90. The maximum atomic E-state index is 13.6. The number of nitrogens with one attached hydrogen (secondary N) is 2. The zero-order valence-corrected chi connectivity index (χ0v) is 17.7. The van der Waals surface area contributed by atoms with Crippen molar-refractivity contribution in [3.8, 4) is 11.1 Å². The van der Waals surface area contributed by atoms with Crippen LogP contribution in [-0.2, 0) is 16.9 Å². The van der Waals surface area contributed by atoms with Crippen LogP contribution in [0.3, 0.4) is 0 Å². The molecule has 0 aliphatic carbocycles. The van der Waals surface area contributed by atoms with Crippen LogP contribution in [0.5, 0.6) is 0 Å². The van der Waals surface area contributed by atoms with Crippen molar-refractivity contribution in [2.75, 3.05) is 6.54 Å². The van der Waals surface area contributed by atoms with Gasteiger partial charge in [0.25, 0.3) is 11.8 Å². The summed E-state index contributed by atoms with van der Waals surface area (Å²) in [5, 5.41) is 4.88. The molecular formula is C24H16ClF2N3O3. The molecule has 2 aliphatic rings. The van der Waals surface area contributed by atoms with Crippen LogP contribution >= 0.6 is 11.6 Å². The Labute approximate surface area is 192 Å². The minimum absolute atomic E-state index is 0.0148. The Hall–Kier alpha value is -3.78. The highest BCUT2D eigenvalue weighted by atomic mass is 35.5. The second-order valence-electron chi connectivity index (χ2n) is 7.98. The number of urea groups is 1. The number of carbonyl (C=O) groups excluding carboxylic acids is 3. The molecule has 9 heteroatoms. The lowest BCUT2D eigenvalue weighted by molar-refractivity contribution is -0.124. The highest BCUT2D eigenvalue weighted by molar-refractivity contribution is 6.31. The maximum absolute atomic E-state index is 13.6. The van der Waals surface area contributed by atoms with Gasteiger partial charge in [-0.2, -0.15) is 0 Å². The van der Waals surface area contributed by atoms with Crippen molar-refractivity contribution in [2.45, 2.75) is 12.1 Å². The molecule has 4 amide bonds. The lowest BCUT2D eigenvalue weighted by atomic mass is 9.88. The molecule has 3 aromatic carbocycles. The van der Waals surface area contributed by atoms with Crippen LogP contribution in [0, 0.1) is 11.6 Å². The third kappa shape index (κ3) is 3.52. The molecule has 1 fully saturated rings. The summed E-state index contributed by atoms with van der Waals surface area (Å²) in [6.45, 7) is 0.0485. The molecule has 6 nitrogen and oxygen atoms in total. The van der Waals surface area contributed by atoms with E-state index in [2.05, 4.69) is 10.6 Å². The smallest absolute Gasteiger partial charge is 0.322 e. The van der Waals surface area contributed by atoms with Crippen molar-refractivity contribution >= 4 is 29.4 Å². The van der Waals surface area contributed by atoms with Gasteiger partial charge >= 0.3 is 6.03 Å². The van der Waals surface area contributed by atoms with Gasteiger partial charge in [0.05, 0.1) is 11.6 Å². The summed E-state index contributed by atoms with van der Waals surface area (Å²) in [6.07, 6.45) is 0. The quantitative estimate of drug-likeness (QED) is 0.570. The number of halogens is 3. The third-order valence-electron chi connectivity index (χ3n) is 5.95. The van der Waals surface area contributed by atoms with Gasteiger partial charge in [0, 0.05) is 12.1 Å². The number of nitrogens with zero attached hydrogens (tertiary/aromatic N) is 1. The zero-order valence-electron chi connectivity index (χ0n) is 17.0. The van der Waals surface area contributed by atoms with Gasteiger partial charge in [0.2, 0.25) is 0 Å². The van der Waals surface area contributed by atoms with Crippen molar-refractivity contribution in [3.05, 3.63) is 94.0 Å². The van der Waals surface area contributed by atoms with Gasteiger partial charge in [-0.1, -0.05) is 48.0 Å². The maximum Gasteiger partial charge on any atom is 0.322 e. The Morgan fingerprint density at radius 3 is 2.33 bits per heavy atom. The lowest BCUT2D eigenvalue weighted by Crippen LogP contribution is -2.52. The first kappa shape index (κ1) is 21.1. The SMILES string of the molecule is O=C1NC(=O)[C@](CN2Cc3ccc(F)cc3C2=O)(c2ccc(-c3ccc(F)c(Cl)c3)cc2)N1. The summed E-state index contributed by atoms with van der Waals surface area (Å²) in [7, 11) is 0. The van der Waals surface area contributed by atoms with E-state index in [1.165, 1.54) is 35.2 Å². The average molecular weight is 468 g/mol. The molecule has 3 aromatic rings. The molecule has 2 heterocycles. The van der Waals surface area contributed by atoms with E-state index in [9.17, 15) is 23.2 Å². The molecule has 1 atom stereocenters. The molecule has 0 unspecified atom stereocenters. The topological polar surface area (TPSA) is 78.5 Å². The summed E-state index contributed by atoms with van der Waals surface area (Å²) >= 11 is 5.88. The number of rotatable bonds is 4. The number of amides is 4. The molecule has 0 aromatic heterocycles. The van der Waals surface area contributed by atoms with Gasteiger partial charge in [0.15, 0.2) is 5.54 Å². The number of hydrogen-bond donors (Lipinski definition) is 2. The Bertz CT molecular complexity index is 1330. The summed E-state index contributed by atoms with van der Waals surface area (Å²) < 4.78 is 27.1. The number of hydrogen-bond acceptors (Lipinski definition) is 3. The Balaban J connectivity index is 1.49. The van der Waals surface area contributed by atoms with Crippen molar-refractivity contribution < 1.29 is 23.2 Å². The molecule has 0 saturated carbocycles. The zero-order chi connectivity index (χ0) is 23.3. The fraction of sp³-hybridized carbons (Fsp3) is 0.125. The monoisotopic (exact) mass is 467 g/mol. The van der Waals surface area contributed by atoms with Crippen LogP contribution in [-0.4, -0.2) is 29.3 Å². The third-order valence-corrected chi connectivity index (χ3v) is 6.24. The molecular weight excluding hydrogens is 452 g/mol. The van der Waals surface area contributed by atoms with Crippen LogP contribution in [0.4, 0.5) is 13.6 Å². The summed E-state index contributed by atoms with van der Waals surface area (Å²) in [5.41, 5.74) is 1.21. The van der Waals surface area contributed by atoms with E-state index in [1.54, 1.807) is 30.3 Å². The van der Waals surface area contributed by atoms with E-state index in [0.29, 0.717) is 16.7 Å². The van der Waals surface area contributed by atoms with E-state index >= 15 is 0 Å².